The Morgan fingerprint density at radius 1 is 0.708 bits per heavy atom. The molecule has 3 aromatic carbocycles. The number of carbonyl (C=O) groups excluding carboxylic acids is 1. The summed E-state index contributed by atoms with van der Waals surface area (Å²) in [6.45, 7) is 0. The summed E-state index contributed by atoms with van der Waals surface area (Å²) < 4.78 is 0. The van der Waals surface area contributed by atoms with Gasteiger partial charge in [-0.05, 0) is 16.7 Å². The van der Waals surface area contributed by atoms with Gasteiger partial charge in [-0.1, -0.05) is 91.0 Å². The number of nitrogens with one attached hydrogen (secondary N) is 1. The zero-order valence-corrected chi connectivity index (χ0v) is 13.2. The van der Waals surface area contributed by atoms with Gasteiger partial charge in [0.05, 0.1) is 6.04 Å². The van der Waals surface area contributed by atoms with Gasteiger partial charge >= 0.3 is 0 Å². The van der Waals surface area contributed by atoms with Crippen molar-refractivity contribution in [2.75, 3.05) is 0 Å². The Morgan fingerprint density at radius 3 is 1.62 bits per heavy atom. The Bertz CT molecular complexity index is 779. The quantitative estimate of drug-likeness (QED) is 0.793. The van der Waals surface area contributed by atoms with Gasteiger partial charge in [0.15, 0.2) is 0 Å². The fourth-order valence-electron chi connectivity index (χ4n) is 3.26. The van der Waals surface area contributed by atoms with Crippen LogP contribution >= 0.6 is 0 Å². The monoisotopic (exact) mass is 314 g/mol. The van der Waals surface area contributed by atoms with Crippen LogP contribution in [-0.2, 0) is 4.79 Å². The third-order valence-corrected chi connectivity index (χ3v) is 4.39. The molecule has 1 atom stereocenters. The van der Waals surface area contributed by atoms with Gasteiger partial charge < -0.3 is 0 Å². The molecule has 0 aliphatic carbocycles. The maximum absolute atomic E-state index is 12.3. The number of hydrogen-bond acceptors (Lipinski definition) is 2. The molecule has 0 aromatic heterocycles. The number of carbonyl (C=O) groups is 1. The van der Waals surface area contributed by atoms with Gasteiger partial charge in [0.1, 0.15) is 6.04 Å². The predicted molar refractivity (Wildman–Crippen MR) is 93.9 cm³/mol. The molecule has 1 heterocycles. The van der Waals surface area contributed by atoms with Gasteiger partial charge in [0, 0.05) is 0 Å². The van der Waals surface area contributed by atoms with Gasteiger partial charge in [-0.25, -0.2) is 0 Å². The molecule has 1 unspecified atom stereocenters. The number of hydrazine groups is 1. The van der Waals surface area contributed by atoms with E-state index in [4.69, 9.17) is 0 Å². The van der Waals surface area contributed by atoms with E-state index >= 15 is 0 Å². The minimum Gasteiger partial charge on any atom is -0.285 e. The summed E-state index contributed by atoms with van der Waals surface area (Å²) in [5.41, 5.74) is 6.31. The molecule has 1 aliphatic heterocycles. The molecule has 3 heteroatoms. The topological polar surface area (TPSA) is 32.3 Å². The van der Waals surface area contributed by atoms with Crippen LogP contribution in [0.3, 0.4) is 0 Å². The van der Waals surface area contributed by atoms with Gasteiger partial charge in [-0.2, -0.15) is 5.01 Å². The van der Waals surface area contributed by atoms with E-state index in [-0.39, 0.29) is 18.0 Å². The highest BCUT2D eigenvalue weighted by Gasteiger charge is 2.43. The Kier molecular flexibility index (Phi) is 3.85. The second-order valence-electron chi connectivity index (χ2n) is 5.92. The highest BCUT2D eigenvalue weighted by atomic mass is 16.2. The lowest BCUT2D eigenvalue weighted by Crippen LogP contribution is -2.61. The van der Waals surface area contributed by atoms with Crippen LogP contribution in [0.5, 0.6) is 0 Å². The van der Waals surface area contributed by atoms with Crippen molar-refractivity contribution in [3.8, 4) is 0 Å². The third kappa shape index (κ3) is 2.59. The minimum atomic E-state index is -0.267. The smallest absolute Gasteiger partial charge is 0.258 e. The molecule has 1 aliphatic rings. The first kappa shape index (κ1) is 14.7. The largest absolute Gasteiger partial charge is 0.285 e. The van der Waals surface area contributed by atoms with E-state index < -0.39 is 0 Å². The average molecular weight is 314 g/mol. The molecule has 4 rings (SSSR count). The normalized spacial score (nSPS) is 17.4. The van der Waals surface area contributed by atoms with Gasteiger partial charge in [0.2, 0.25) is 0 Å². The lowest BCUT2D eigenvalue weighted by Gasteiger charge is -2.45. The molecule has 1 N–H and O–H groups in total. The third-order valence-electron chi connectivity index (χ3n) is 4.39. The summed E-state index contributed by atoms with van der Waals surface area (Å²) in [5.74, 6) is 0.0399. The highest BCUT2D eigenvalue weighted by molar-refractivity contribution is 5.87. The molecule has 0 bridgehead atoms. The second-order valence-corrected chi connectivity index (χ2v) is 5.92. The molecule has 0 saturated carbocycles. The van der Waals surface area contributed by atoms with Crippen LogP contribution in [0.1, 0.15) is 28.8 Å². The maximum Gasteiger partial charge on any atom is 0.258 e. The van der Waals surface area contributed by atoms with Gasteiger partial charge in [-0.3, -0.25) is 10.2 Å². The summed E-state index contributed by atoms with van der Waals surface area (Å²) in [7, 11) is 0. The molecule has 0 spiro atoms. The van der Waals surface area contributed by atoms with Crippen molar-refractivity contribution in [3.05, 3.63) is 108 Å². The number of rotatable bonds is 4. The summed E-state index contributed by atoms with van der Waals surface area (Å²) in [6.07, 6.45) is 0. The number of nitrogens with zero attached hydrogens (tertiary/aromatic N) is 1. The molecule has 24 heavy (non-hydrogen) atoms. The molecular formula is C21H18N2O. The van der Waals surface area contributed by atoms with Crippen LogP contribution in [0.25, 0.3) is 0 Å². The van der Waals surface area contributed by atoms with E-state index in [1.165, 1.54) is 0 Å². The minimum absolute atomic E-state index is 0.0182. The number of benzene rings is 3. The molecule has 3 nitrogen and oxygen atoms in total. The Labute approximate surface area is 141 Å². The summed E-state index contributed by atoms with van der Waals surface area (Å²) >= 11 is 0. The molecular weight excluding hydrogens is 296 g/mol. The van der Waals surface area contributed by atoms with E-state index in [1.54, 1.807) is 0 Å². The van der Waals surface area contributed by atoms with Crippen molar-refractivity contribution in [1.29, 1.82) is 0 Å². The van der Waals surface area contributed by atoms with Crippen molar-refractivity contribution >= 4 is 5.91 Å². The van der Waals surface area contributed by atoms with Crippen LogP contribution in [-0.4, -0.2) is 10.9 Å². The van der Waals surface area contributed by atoms with Crippen molar-refractivity contribution in [1.82, 2.24) is 10.4 Å². The fraction of sp³-hybridized carbons (Fsp3) is 0.0952. The predicted octanol–water partition coefficient (Wildman–Crippen LogP) is 3.86. The fourth-order valence-corrected chi connectivity index (χ4v) is 3.26. The summed E-state index contributed by atoms with van der Waals surface area (Å²) in [5, 5.41) is 2.04. The van der Waals surface area contributed by atoms with Gasteiger partial charge in [-0.15, -0.1) is 0 Å². The summed E-state index contributed by atoms with van der Waals surface area (Å²) in [4.78, 5) is 12.3. The highest BCUT2D eigenvalue weighted by Crippen LogP contribution is 2.38. The molecule has 118 valence electrons. The number of hydrogen-bond donors (Lipinski definition) is 1. The van der Waals surface area contributed by atoms with Crippen LogP contribution in [0.4, 0.5) is 0 Å². The van der Waals surface area contributed by atoms with Crippen LogP contribution in [0, 0.1) is 0 Å². The number of amides is 1. The Balaban J connectivity index is 1.76. The van der Waals surface area contributed by atoms with E-state index in [0.717, 1.165) is 16.7 Å². The lowest BCUT2D eigenvalue weighted by atomic mass is 9.93. The van der Waals surface area contributed by atoms with Gasteiger partial charge in [0.25, 0.3) is 5.91 Å². The van der Waals surface area contributed by atoms with Crippen molar-refractivity contribution in [2.45, 2.75) is 12.1 Å². The van der Waals surface area contributed by atoms with E-state index in [1.807, 2.05) is 71.7 Å². The van der Waals surface area contributed by atoms with Crippen LogP contribution < -0.4 is 5.43 Å². The zero-order chi connectivity index (χ0) is 16.4. The van der Waals surface area contributed by atoms with E-state index in [9.17, 15) is 4.79 Å². The Morgan fingerprint density at radius 2 is 1.17 bits per heavy atom. The lowest BCUT2D eigenvalue weighted by molar-refractivity contribution is -0.152. The molecule has 1 saturated heterocycles. The Hall–Kier alpha value is -2.91. The first-order valence-electron chi connectivity index (χ1n) is 8.08. The first-order valence-corrected chi connectivity index (χ1v) is 8.08. The molecule has 1 amide bonds. The first-order chi connectivity index (χ1) is 11.8. The van der Waals surface area contributed by atoms with Crippen molar-refractivity contribution < 1.29 is 4.79 Å². The maximum atomic E-state index is 12.3. The summed E-state index contributed by atoms with van der Waals surface area (Å²) in [6, 6.07) is 30.2. The second kappa shape index (κ2) is 6.30. The van der Waals surface area contributed by atoms with E-state index in [2.05, 4.69) is 29.7 Å². The van der Waals surface area contributed by atoms with Crippen molar-refractivity contribution in [3.63, 3.8) is 0 Å². The van der Waals surface area contributed by atoms with E-state index in [0.29, 0.717) is 0 Å². The van der Waals surface area contributed by atoms with Crippen molar-refractivity contribution in [2.24, 2.45) is 0 Å². The van der Waals surface area contributed by atoms with Crippen LogP contribution in [0.15, 0.2) is 91.0 Å². The molecule has 1 fully saturated rings. The zero-order valence-electron chi connectivity index (χ0n) is 13.2. The molecule has 0 radical (unpaired) electrons. The van der Waals surface area contributed by atoms with Crippen LogP contribution in [0.2, 0.25) is 0 Å². The molecule has 3 aromatic rings. The standard InChI is InChI=1S/C21H18N2O/c24-21-20(18-14-8-3-9-15-18)23(22-21)19(16-10-4-1-5-11-16)17-12-6-2-7-13-17/h1-15,19-20H,(H,22,24). The average Bonchev–Trinajstić information content (AvgIpc) is 2.64. The SMILES string of the molecule is O=C1NN(C(c2ccccc2)c2ccccc2)C1c1ccccc1.